The third kappa shape index (κ3) is 4.84. The summed E-state index contributed by atoms with van der Waals surface area (Å²) in [7, 11) is 0. The SMILES string of the molecule is CC(C)(C)OC(=O)N1CCCC2(CC(Oc3cc(C(F)(F)F)ccn3)C2)C1. The second kappa shape index (κ2) is 6.87. The van der Waals surface area contributed by atoms with Crippen molar-refractivity contribution in [2.24, 2.45) is 5.41 Å². The van der Waals surface area contributed by atoms with Gasteiger partial charge in [0.2, 0.25) is 5.88 Å². The quantitative estimate of drug-likeness (QED) is 0.742. The van der Waals surface area contributed by atoms with E-state index in [9.17, 15) is 18.0 Å². The van der Waals surface area contributed by atoms with Gasteiger partial charge >= 0.3 is 12.3 Å². The van der Waals surface area contributed by atoms with Crippen LogP contribution in [0.15, 0.2) is 18.3 Å². The number of piperidine rings is 1. The maximum absolute atomic E-state index is 12.8. The van der Waals surface area contributed by atoms with Gasteiger partial charge in [-0.1, -0.05) is 0 Å². The average Bonchev–Trinajstić information content (AvgIpc) is 2.51. The molecule has 2 fully saturated rings. The molecule has 1 spiro atoms. The van der Waals surface area contributed by atoms with Crippen molar-refractivity contribution >= 4 is 6.09 Å². The highest BCUT2D eigenvalue weighted by Crippen LogP contribution is 2.49. The minimum atomic E-state index is -4.42. The van der Waals surface area contributed by atoms with Crippen LogP contribution in [0.2, 0.25) is 0 Å². The minimum Gasteiger partial charge on any atom is -0.474 e. The number of pyridine rings is 1. The Morgan fingerprint density at radius 2 is 2.00 bits per heavy atom. The van der Waals surface area contributed by atoms with Gasteiger partial charge in [-0.3, -0.25) is 0 Å². The first-order valence-electron chi connectivity index (χ1n) is 9.14. The monoisotopic (exact) mass is 386 g/mol. The van der Waals surface area contributed by atoms with E-state index in [-0.39, 0.29) is 23.5 Å². The largest absolute Gasteiger partial charge is 0.474 e. The van der Waals surface area contributed by atoms with Crippen LogP contribution in [0.1, 0.15) is 52.0 Å². The first-order chi connectivity index (χ1) is 12.5. The predicted molar refractivity (Wildman–Crippen MR) is 92.4 cm³/mol. The Morgan fingerprint density at radius 3 is 2.63 bits per heavy atom. The summed E-state index contributed by atoms with van der Waals surface area (Å²) in [4.78, 5) is 17.9. The van der Waals surface area contributed by atoms with Crippen LogP contribution < -0.4 is 4.74 Å². The van der Waals surface area contributed by atoms with Crippen LogP contribution in [0.5, 0.6) is 5.88 Å². The number of carbonyl (C=O) groups is 1. The van der Waals surface area contributed by atoms with Crippen molar-refractivity contribution in [3.05, 3.63) is 23.9 Å². The summed E-state index contributed by atoms with van der Waals surface area (Å²) in [5.74, 6) is -0.00974. The van der Waals surface area contributed by atoms with Crippen molar-refractivity contribution in [3.8, 4) is 5.88 Å². The van der Waals surface area contributed by atoms with Crippen LogP contribution in [-0.4, -0.2) is 40.8 Å². The van der Waals surface area contributed by atoms with Gasteiger partial charge in [0.15, 0.2) is 0 Å². The number of ether oxygens (including phenoxy) is 2. The van der Waals surface area contributed by atoms with Crippen molar-refractivity contribution in [2.75, 3.05) is 13.1 Å². The molecule has 1 amide bonds. The summed E-state index contributed by atoms with van der Waals surface area (Å²) in [5, 5.41) is 0. The van der Waals surface area contributed by atoms with Gasteiger partial charge in [0, 0.05) is 25.4 Å². The lowest BCUT2D eigenvalue weighted by Gasteiger charge is -2.52. The molecule has 1 aromatic heterocycles. The van der Waals surface area contributed by atoms with E-state index in [0.29, 0.717) is 25.9 Å². The second-order valence-corrected chi connectivity index (χ2v) is 8.53. The fourth-order valence-corrected chi connectivity index (χ4v) is 3.83. The molecule has 1 saturated heterocycles. The molecule has 1 aromatic rings. The van der Waals surface area contributed by atoms with Crippen molar-refractivity contribution in [1.82, 2.24) is 9.88 Å². The fourth-order valence-electron chi connectivity index (χ4n) is 3.83. The molecule has 5 nitrogen and oxygen atoms in total. The number of nitrogens with zero attached hydrogens (tertiary/aromatic N) is 2. The maximum atomic E-state index is 12.8. The minimum absolute atomic E-state index is 0.00974. The first-order valence-corrected chi connectivity index (χ1v) is 9.14. The smallest absolute Gasteiger partial charge is 0.416 e. The number of hydrogen-bond donors (Lipinski definition) is 0. The number of halogens is 3. The van der Waals surface area contributed by atoms with E-state index < -0.39 is 17.3 Å². The standard InChI is InChI=1S/C19H25F3N2O3/c1-17(2,3)27-16(25)24-8-4-6-18(12-24)10-14(11-18)26-15-9-13(5-7-23-15)19(20,21)22/h5,7,9,14H,4,6,8,10-12H2,1-3H3. The molecule has 0 bridgehead atoms. The lowest BCUT2D eigenvalue weighted by atomic mass is 9.62. The molecule has 2 aliphatic rings. The van der Waals surface area contributed by atoms with Gasteiger partial charge in [-0.15, -0.1) is 0 Å². The van der Waals surface area contributed by atoms with Crippen molar-refractivity contribution in [2.45, 2.75) is 64.3 Å². The molecule has 3 rings (SSSR count). The summed E-state index contributed by atoms with van der Waals surface area (Å²) in [6.07, 6.45) is -0.550. The van der Waals surface area contributed by atoms with Crippen molar-refractivity contribution in [3.63, 3.8) is 0 Å². The first kappa shape index (κ1) is 19.8. The van der Waals surface area contributed by atoms with Gasteiger partial charge in [-0.05, 0) is 57.9 Å². The molecule has 8 heteroatoms. The number of carbonyl (C=O) groups excluding carboxylic acids is 1. The topological polar surface area (TPSA) is 51.7 Å². The average molecular weight is 386 g/mol. The Morgan fingerprint density at radius 1 is 1.30 bits per heavy atom. The second-order valence-electron chi connectivity index (χ2n) is 8.53. The van der Waals surface area contributed by atoms with Crippen LogP contribution in [0.4, 0.5) is 18.0 Å². The van der Waals surface area contributed by atoms with Crippen LogP contribution in [0.25, 0.3) is 0 Å². The molecule has 0 N–H and O–H groups in total. The Kier molecular flexibility index (Phi) is 5.03. The highest BCUT2D eigenvalue weighted by Gasteiger charge is 2.49. The van der Waals surface area contributed by atoms with Crippen LogP contribution in [-0.2, 0) is 10.9 Å². The summed E-state index contributed by atoms with van der Waals surface area (Å²) in [5.41, 5.74) is -1.35. The molecule has 1 saturated carbocycles. The Labute approximate surface area is 156 Å². The predicted octanol–water partition coefficient (Wildman–Crippen LogP) is 4.66. The van der Waals surface area contributed by atoms with Crippen molar-refractivity contribution in [1.29, 1.82) is 0 Å². The Hall–Kier alpha value is -1.99. The lowest BCUT2D eigenvalue weighted by Crippen LogP contribution is -2.55. The van der Waals surface area contributed by atoms with E-state index in [1.54, 1.807) is 4.90 Å². The number of rotatable bonds is 2. The zero-order valence-electron chi connectivity index (χ0n) is 15.8. The van der Waals surface area contributed by atoms with E-state index in [4.69, 9.17) is 9.47 Å². The molecule has 150 valence electrons. The van der Waals surface area contributed by atoms with E-state index in [1.165, 1.54) is 0 Å². The van der Waals surface area contributed by atoms with E-state index in [1.807, 2.05) is 20.8 Å². The maximum Gasteiger partial charge on any atom is 0.416 e. The lowest BCUT2D eigenvalue weighted by molar-refractivity contribution is -0.138. The molecular weight excluding hydrogens is 361 g/mol. The zero-order chi connectivity index (χ0) is 19.9. The molecule has 0 aromatic carbocycles. The molecule has 27 heavy (non-hydrogen) atoms. The van der Waals surface area contributed by atoms with Crippen LogP contribution >= 0.6 is 0 Å². The zero-order valence-corrected chi connectivity index (χ0v) is 15.8. The molecule has 2 heterocycles. The Balaban J connectivity index is 1.56. The molecule has 1 aliphatic heterocycles. The fraction of sp³-hybridized carbons (Fsp3) is 0.684. The highest BCUT2D eigenvalue weighted by atomic mass is 19.4. The summed E-state index contributed by atoms with van der Waals surface area (Å²) < 4.78 is 49.5. The third-order valence-electron chi connectivity index (χ3n) is 4.98. The van der Waals surface area contributed by atoms with Crippen LogP contribution in [0.3, 0.4) is 0 Å². The van der Waals surface area contributed by atoms with Gasteiger partial charge in [-0.25, -0.2) is 9.78 Å². The van der Waals surface area contributed by atoms with Gasteiger partial charge in [-0.2, -0.15) is 13.2 Å². The summed E-state index contributed by atoms with van der Waals surface area (Å²) in [6, 6.07) is 1.85. The molecule has 0 radical (unpaired) electrons. The molecule has 0 unspecified atom stereocenters. The Bertz CT molecular complexity index is 694. The van der Waals surface area contributed by atoms with E-state index in [2.05, 4.69) is 4.98 Å². The number of alkyl halides is 3. The molecule has 0 atom stereocenters. The van der Waals surface area contributed by atoms with Gasteiger partial charge in [0.25, 0.3) is 0 Å². The van der Waals surface area contributed by atoms with Gasteiger partial charge < -0.3 is 14.4 Å². The number of aromatic nitrogens is 1. The summed E-state index contributed by atoms with van der Waals surface area (Å²) >= 11 is 0. The molecular formula is C19H25F3N2O3. The third-order valence-corrected chi connectivity index (χ3v) is 4.98. The number of likely N-dealkylation sites (tertiary alicyclic amines) is 1. The van der Waals surface area contributed by atoms with E-state index >= 15 is 0 Å². The van der Waals surface area contributed by atoms with Crippen molar-refractivity contribution < 1.29 is 27.4 Å². The molecule has 1 aliphatic carbocycles. The van der Waals surface area contributed by atoms with E-state index in [0.717, 1.165) is 31.2 Å². The highest BCUT2D eigenvalue weighted by molar-refractivity contribution is 5.68. The number of hydrogen-bond acceptors (Lipinski definition) is 4. The number of amides is 1. The van der Waals surface area contributed by atoms with Crippen LogP contribution in [0, 0.1) is 5.41 Å². The summed E-state index contributed by atoms with van der Waals surface area (Å²) in [6.45, 7) is 6.76. The van der Waals surface area contributed by atoms with Gasteiger partial charge in [0.05, 0.1) is 5.56 Å². The normalized spacial score (nSPS) is 25.9. The van der Waals surface area contributed by atoms with Gasteiger partial charge in [0.1, 0.15) is 11.7 Å².